The van der Waals surface area contributed by atoms with Crippen molar-refractivity contribution in [1.82, 2.24) is 9.38 Å². The first-order valence-electron chi connectivity index (χ1n) is 4.01. The van der Waals surface area contributed by atoms with E-state index >= 15 is 0 Å². The Bertz CT molecular complexity index is 422. The van der Waals surface area contributed by atoms with Crippen molar-refractivity contribution in [3.63, 3.8) is 0 Å². The molecule has 2 heterocycles. The fourth-order valence-corrected chi connectivity index (χ4v) is 1.81. The number of nitrogens with zero attached hydrogens (tertiary/aromatic N) is 2. The van der Waals surface area contributed by atoms with E-state index in [9.17, 15) is 0 Å². The number of nitrogens with two attached hydrogens (primary N) is 1. The topological polar surface area (TPSA) is 43.3 Å². The van der Waals surface area contributed by atoms with Gasteiger partial charge in [-0.3, -0.25) is 0 Å². The third-order valence-electron chi connectivity index (χ3n) is 1.90. The summed E-state index contributed by atoms with van der Waals surface area (Å²) in [5.74, 6) is 0.963. The highest BCUT2D eigenvalue weighted by molar-refractivity contribution is 7.97. The number of nitrogen functional groups attached to an aromatic ring is 1. The number of imidazole rings is 1. The number of fused-ring (bicyclic) bond motifs is 1. The van der Waals surface area contributed by atoms with Gasteiger partial charge in [0.25, 0.3) is 0 Å². The number of hydrogen-bond donors (Lipinski definition) is 1. The SMILES string of the molecule is CSCc1cnc2ccc(N)cn12. The van der Waals surface area contributed by atoms with Crippen LogP contribution in [-0.4, -0.2) is 15.6 Å². The summed E-state index contributed by atoms with van der Waals surface area (Å²) in [5, 5.41) is 0. The van der Waals surface area contributed by atoms with Crippen molar-refractivity contribution in [3.8, 4) is 0 Å². The van der Waals surface area contributed by atoms with Gasteiger partial charge in [-0.1, -0.05) is 0 Å². The Hall–Kier alpha value is -1.16. The van der Waals surface area contributed by atoms with Gasteiger partial charge in [-0.15, -0.1) is 0 Å². The first kappa shape index (κ1) is 8.44. The number of aromatic nitrogens is 2. The van der Waals surface area contributed by atoms with Crippen LogP contribution < -0.4 is 5.73 Å². The predicted molar refractivity (Wildman–Crippen MR) is 56.8 cm³/mol. The lowest BCUT2D eigenvalue weighted by molar-refractivity contribution is 1.10. The Morgan fingerprint density at radius 3 is 3.15 bits per heavy atom. The van der Waals surface area contributed by atoms with E-state index in [2.05, 4.69) is 11.2 Å². The lowest BCUT2D eigenvalue weighted by Gasteiger charge is -2.00. The number of pyridine rings is 1. The zero-order valence-corrected chi connectivity index (χ0v) is 8.21. The Kier molecular flexibility index (Phi) is 2.14. The average Bonchev–Trinajstić information content (AvgIpc) is 2.49. The van der Waals surface area contributed by atoms with Gasteiger partial charge in [0.05, 0.1) is 11.9 Å². The Morgan fingerprint density at radius 1 is 1.54 bits per heavy atom. The highest BCUT2D eigenvalue weighted by Gasteiger charge is 2.01. The maximum Gasteiger partial charge on any atom is 0.137 e. The van der Waals surface area contributed by atoms with Crippen molar-refractivity contribution in [2.45, 2.75) is 5.75 Å². The maximum atomic E-state index is 5.69. The highest BCUT2D eigenvalue weighted by atomic mass is 32.2. The summed E-state index contributed by atoms with van der Waals surface area (Å²) in [6.45, 7) is 0. The lowest BCUT2D eigenvalue weighted by Crippen LogP contribution is -1.93. The lowest BCUT2D eigenvalue weighted by atomic mass is 10.4. The molecule has 0 aliphatic carbocycles. The summed E-state index contributed by atoms with van der Waals surface area (Å²) in [6, 6.07) is 3.80. The summed E-state index contributed by atoms with van der Waals surface area (Å²) >= 11 is 1.78. The van der Waals surface area contributed by atoms with Crippen molar-refractivity contribution >= 4 is 23.1 Å². The fraction of sp³-hybridized carbons (Fsp3) is 0.222. The van der Waals surface area contributed by atoms with Crippen molar-refractivity contribution < 1.29 is 0 Å². The summed E-state index contributed by atoms with van der Waals surface area (Å²) in [4.78, 5) is 4.27. The highest BCUT2D eigenvalue weighted by Crippen LogP contribution is 2.13. The molecule has 2 aromatic rings. The zero-order valence-electron chi connectivity index (χ0n) is 7.40. The quantitative estimate of drug-likeness (QED) is 0.790. The Labute approximate surface area is 81.0 Å². The van der Waals surface area contributed by atoms with Crippen molar-refractivity contribution in [3.05, 3.63) is 30.2 Å². The molecule has 0 saturated heterocycles. The predicted octanol–water partition coefficient (Wildman–Crippen LogP) is 1.78. The third-order valence-corrected chi connectivity index (χ3v) is 2.48. The van der Waals surface area contributed by atoms with E-state index < -0.39 is 0 Å². The molecule has 0 atom stereocenters. The second-order valence-corrected chi connectivity index (χ2v) is 3.74. The molecule has 0 saturated carbocycles. The standard InChI is InChI=1S/C9H11N3S/c1-13-6-8-4-11-9-3-2-7(10)5-12(8)9/h2-5H,6,10H2,1H3. The van der Waals surface area contributed by atoms with E-state index in [0.717, 1.165) is 17.1 Å². The van der Waals surface area contributed by atoms with Crippen molar-refractivity contribution in [1.29, 1.82) is 0 Å². The molecule has 68 valence electrons. The smallest absolute Gasteiger partial charge is 0.137 e. The molecule has 0 radical (unpaired) electrons. The van der Waals surface area contributed by atoms with E-state index in [1.165, 1.54) is 5.69 Å². The van der Waals surface area contributed by atoms with Crippen LogP contribution in [0.25, 0.3) is 5.65 Å². The van der Waals surface area contributed by atoms with Gasteiger partial charge in [0.2, 0.25) is 0 Å². The van der Waals surface area contributed by atoms with E-state index in [1.807, 2.05) is 28.9 Å². The molecule has 3 nitrogen and oxygen atoms in total. The second kappa shape index (κ2) is 3.30. The first-order chi connectivity index (χ1) is 6.31. The summed E-state index contributed by atoms with van der Waals surface area (Å²) in [5.41, 5.74) is 8.61. The van der Waals surface area contributed by atoms with Crippen molar-refractivity contribution in [2.24, 2.45) is 0 Å². The van der Waals surface area contributed by atoms with Gasteiger partial charge in [0, 0.05) is 17.6 Å². The molecule has 0 spiro atoms. The molecule has 2 N–H and O–H groups in total. The van der Waals surface area contributed by atoms with E-state index in [1.54, 1.807) is 11.8 Å². The van der Waals surface area contributed by atoms with Crippen LogP contribution in [0.15, 0.2) is 24.5 Å². The Morgan fingerprint density at radius 2 is 2.38 bits per heavy atom. The minimum absolute atomic E-state index is 0.771. The molecule has 4 heteroatoms. The number of hydrogen-bond acceptors (Lipinski definition) is 3. The van der Waals surface area contributed by atoms with Crippen LogP contribution in [0, 0.1) is 0 Å². The van der Waals surface area contributed by atoms with Gasteiger partial charge < -0.3 is 10.1 Å². The summed E-state index contributed by atoms with van der Waals surface area (Å²) < 4.78 is 2.03. The summed E-state index contributed by atoms with van der Waals surface area (Å²) in [6.07, 6.45) is 5.88. The first-order valence-corrected chi connectivity index (χ1v) is 5.41. The van der Waals surface area contributed by atoms with Crippen LogP contribution in [0.2, 0.25) is 0 Å². The molecular formula is C9H11N3S. The fourth-order valence-electron chi connectivity index (χ4n) is 1.30. The van der Waals surface area contributed by atoms with Crippen LogP contribution in [0.1, 0.15) is 5.69 Å². The molecule has 0 aromatic carbocycles. The number of rotatable bonds is 2. The van der Waals surface area contributed by atoms with Gasteiger partial charge in [0.15, 0.2) is 0 Å². The number of anilines is 1. The van der Waals surface area contributed by atoms with E-state index in [0.29, 0.717) is 0 Å². The van der Waals surface area contributed by atoms with Crippen LogP contribution >= 0.6 is 11.8 Å². The molecule has 0 aliphatic rings. The molecule has 0 aliphatic heterocycles. The van der Waals surface area contributed by atoms with Gasteiger partial charge in [0.1, 0.15) is 5.65 Å². The van der Waals surface area contributed by atoms with Gasteiger partial charge in [-0.2, -0.15) is 11.8 Å². The Balaban J connectivity index is 2.58. The third kappa shape index (κ3) is 1.49. The van der Waals surface area contributed by atoms with Crippen LogP contribution in [0.3, 0.4) is 0 Å². The van der Waals surface area contributed by atoms with Gasteiger partial charge in [-0.05, 0) is 18.4 Å². The molecule has 13 heavy (non-hydrogen) atoms. The maximum absolute atomic E-state index is 5.69. The summed E-state index contributed by atoms with van der Waals surface area (Å²) in [7, 11) is 0. The largest absolute Gasteiger partial charge is 0.398 e. The molecule has 0 bridgehead atoms. The minimum Gasteiger partial charge on any atom is -0.398 e. The van der Waals surface area contributed by atoms with Gasteiger partial charge >= 0.3 is 0 Å². The molecule has 2 rings (SSSR count). The van der Waals surface area contributed by atoms with Gasteiger partial charge in [-0.25, -0.2) is 4.98 Å². The van der Waals surface area contributed by atoms with E-state index in [-0.39, 0.29) is 0 Å². The molecule has 0 amide bonds. The number of thioether (sulfide) groups is 1. The molecule has 0 unspecified atom stereocenters. The monoisotopic (exact) mass is 193 g/mol. The molecular weight excluding hydrogens is 182 g/mol. The van der Waals surface area contributed by atoms with E-state index in [4.69, 9.17) is 5.73 Å². The minimum atomic E-state index is 0.771. The normalized spacial score (nSPS) is 10.8. The molecule has 2 aromatic heterocycles. The van der Waals surface area contributed by atoms with Crippen LogP contribution in [-0.2, 0) is 5.75 Å². The van der Waals surface area contributed by atoms with Crippen LogP contribution in [0.5, 0.6) is 0 Å². The van der Waals surface area contributed by atoms with Crippen LogP contribution in [0.4, 0.5) is 5.69 Å². The second-order valence-electron chi connectivity index (χ2n) is 2.87. The average molecular weight is 193 g/mol. The molecule has 0 fully saturated rings. The zero-order chi connectivity index (χ0) is 9.26. The van der Waals surface area contributed by atoms with Crippen molar-refractivity contribution in [2.75, 3.05) is 12.0 Å².